The van der Waals surface area contributed by atoms with Crippen molar-refractivity contribution in [1.29, 1.82) is 0 Å². The molecule has 0 aromatic heterocycles. The molecule has 3 nitrogen and oxygen atoms in total. The fourth-order valence-electron chi connectivity index (χ4n) is 0.892. The topological polar surface area (TPSA) is 41.5 Å². The monoisotopic (exact) mass is 175 g/mol. The Bertz CT molecular complexity index is 98.5. The third-order valence-electron chi connectivity index (χ3n) is 1.93. The van der Waals surface area contributed by atoms with E-state index in [4.69, 9.17) is 4.74 Å². The SMILES string of the molecule is CCC(C)CNCC(O)COC. The van der Waals surface area contributed by atoms with Crippen molar-refractivity contribution in [2.75, 3.05) is 26.8 Å². The van der Waals surface area contributed by atoms with Gasteiger partial charge in [-0.3, -0.25) is 0 Å². The number of nitrogens with one attached hydrogen (secondary N) is 1. The molecule has 0 saturated heterocycles. The van der Waals surface area contributed by atoms with E-state index in [1.54, 1.807) is 7.11 Å². The highest BCUT2D eigenvalue weighted by Gasteiger charge is 2.03. The predicted molar refractivity (Wildman–Crippen MR) is 50.2 cm³/mol. The molecule has 2 unspecified atom stereocenters. The van der Waals surface area contributed by atoms with Crippen molar-refractivity contribution >= 4 is 0 Å². The summed E-state index contributed by atoms with van der Waals surface area (Å²) in [7, 11) is 1.60. The number of hydrogen-bond acceptors (Lipinski definition) is 3. The quantitative estimate of drug-likeness (QED) is 0.596. The summed E-state index contributed by atoms with van der Waals surface area (Å²) in [5.41, 5.74) is 0. The number of aliphatic hydroxyl groups excluding tert-OH is 1. The van der Waals surface area contributed by atoms with Crippen molar-refractivity contribution in [3.8, 4) is 0 Å². The highest BCUT2D eigenvalue weighted by Crippen LogP contribution is 1.96. The highest BCUT2D eigenvalue weighted by atomic mass is 16.5. The van der Waals surface area contributed by atoms with Gasteiger partial charge in [0.1, 0.15) is 0 Å². The Morgan fingerprint density at radius 3 is 2.58 bits per heavy atom. The molecule has 2 N–H and O–H groups in total. The molecular formula is C9H21NO2. The Labute approximate surface area is 75.1 Å². The first kappa shape index (κ1) is 11.9. The standard InChI is InChI=1S/C9H21NO2/c1-4-8(2)5-10-6-9(11)7-12-3/h8-11H,4-7H2,1-3H3. The Hall–Kier alpha value is -0.120. The molecule has 0 aromatic rings. The van der Waals surface area contributed by atoms with Gasteiger partial charge in [-0.25, -0.2) is 0 Å². The minimum absolute atomic E-state index is 0.376. The molecule has 0 bridgehead atoms. The Balaban J connectivity index is 3.18. The molecule has 74 valence electrons. The highest BCUT2D eigenvalue weighted by molar-refractivity contribution is 4.60. The van der Waals surface area contributed by atoms with E-state index in [0.29, 0.717) is 19.1 Å². The second-order valence-electron chi connectivity index (χ2n) is 3.28. The van der Waals surface area contributed by atoms with E-state index in [0.717, 1.165) is 6.54 Å². The van der Waals surface area contributed by atoms with Gasteiger partial charge in [-0.05, 0) is 12.5 Å². The molecule has 0 aliphatic heterocycles. The summed E-state index contributed by atoms with van der Waals surface area (Å²) in [6.07, 6.45) is 0.798. The number of hydrogen-bond donors (Lipinski definition) is 2. The van der Waals surface area contributed by atoms with Crippen LogP contribution in [0.4, 0.5) is 0 Å². The fraction of sp³-hybridized carbons (Fsp3) is 1.00. The van der Waals surface area contributed by atoms with Gasteiger partial charge in [-0.15, -0.1) is 0 Å². The molecule has 12 heavy (non-hydrogen) atoms. The van der Waals surface area contributed by atoms with E-state index in [9.17, 15) is 5.11 Å². The minimum atomic E-state index is -0.376. The molecule has 0 aromatic carbocycles. The van der Waals surface area contributed by atoms with Crippen molar-refractivity contribution in [3.05, 3.63) is 0 Å². The minimum Gasteiger partial charge on any atom is -0.389 e. The van der Waals surface area contributed by atoms with Crippen molar-refractivity contribution in [2.24, 2.45) is 5.92 Å². The van der Waals surface area contributed by atoms with Crippen LogP contribution >= 0.6 is 0 Å². The van der Waals surface area contributed by atoms with Gasteiger partial charge in [0.15, 0.2) is 0 Å². The van der Waals surface area contributed by atoms with Crippen molar-refractivity contribution in [2.45, 2.75) is 26.4 Å². The normalized spacial score (nSPS) is 16.0. The molecule has 0 saturated carbocycles. The molecule has 0 aliphatic carbocycles. The van der Waals surface area contributed by atoms with Crippen LogP contribution in [0, 0.1) is 5.92 Å². The van der Waals surface area contributed by atoms with Gasteiger partial charge < -0.3 is 15.2 Å². The largest absolute Gasteiger partial charge is 0.389 e. The lowest BCUT2D eigenvalue weighted by Crippen LogP contribution is -2.32. The van der Waals surface area contributed by atoms with Crippen LogP contribution < -0.4 is 5.32 Å². The van der Waals surface area contributed by atoms with Crippen LogP contribution in [0.5, 0.6) is 0 Å². The molecule has 0 rings (SSSR count). The number of methoxy groups -OCH3 is 1. The fourth-order valence-corrected chi connectivity index (χ4v) is 0.892. The van der Waals surface area contributed by atoms with Crippen molar-refractivity contribution in [3.63, 3.8) is 0 Å². The third kappa shape index (κ3) is 6.58. The molecule has 0 radical (unpaired) electrons. The second-order valence-corrected chi connectivity index (χ2v) is 3.28. The van der Waals surface area contributed by atoms with Gasteiger partial charge in [0.2, 0.25) is 0 Å². The molecule has 3 heteroatoms. The van der Waals surface area contributed by atoms with Crippen molar-refractivity contribution < 1.29 is 9.84 Å². The summed E-state index contributed by atoms with van der Waals surface area (Å²) >= 11 is 0. The van der Waals surface area contributed by atoms with Crippen LogP contribution in [0.15, 0.2) is 0 Å². The van der Waals surface area contributed by atoms with Gasteiger partial charge in [0.05, 0.1) is 12.7 Å². The Morgan fingerprint density at radius 2 is 2.08 bits per heavy atom. The van der Waals surface area contributed by atoms with Crippen LogP contribution in [0.2, 0.25) is 0 Å². The van der Waals surface area contributed by atoms with E-state index < -0.39 is 0 Å². The lowest BCUT2D eigenvalue weighted by atomic mass is 10.1. The molecule has 0 fully saturated rings. The lowest BCUT2D eigenvalue weighted by molar-refractivity contribution is 0.0641. The molecule has 0 heterocycles. The van der Waals surface area contributed by atoms with Crippen LogP contribution in [-0.2, 0) is 4.74 Å². The molecule has 0 amide bonds. The third-order valence-corrected chi connectivity index (χ3v) is 1.93. The van der Waals surface area contributed by atoms with Crippen LogP contribution in [0.1, 0.15) is 20.3 Å². The van der Waals surface area contributed by atoms with Gasteiger partial charge >= 0.3 is 0 Å². The zero-order valence-corrected chi connectivity index (χ0v) is 8.34. The zero-order chi connectivity index (χ0) is 9.40. The smallest absolute Gasteiger partial charge is 0.0897 e. The maximum Gasteiger partial charge on any atom is 0.0897 e. The summed E-state index contributed by atoms with van der Waals surface area (Å²) in [6, 6.07) is 0. The van der Waals surface area contributed by atoms with Gasteiger partial charge in [-0.1, -0.05) is 20.3 Å². The van der Waals surface area contributed by atoms with E-state index >= 15 is 0 Å². The predicted octanol–water partition coefficient (Wildman–Crippen LogP) is 0.629. The first-order chi connectivity index (χ1) is 5.70. The number of ether oxygens (including phenoxy) is 1. The summed E-state index contributed by atoms with van der Waals surface area (Å²) in [5, 5.41) is 12.4. The molecule has 0 spiro atoms. The van der Waals surface area contributed by atoms with Gasteiger partial charge in [0, 0.05) is 13.7 Å². The van der Waals surface area contributed by atoms with Crippen LogP contribution in [0.25, 0.3) is 0 Å². The lowest BCUT2D eigenvalue weighted by Gasteiger charge is -2.13. The van der Waals surface area contributed by atoms with E-state index in [1.807, 2.05) is 0 Å². The zero-order valence-electron chi connectivity index (χ0n) is 8.34. The van der Waals surface area contributed by atoms with Crippen LogP contribution in [-0.4, -0.2) is 38.0 Å². The second kappa shape index (κ2) is 7.53. The average Bonchev–Trinajstić information content (AvgIpc) is 2.04. The van der Waals surface area contributed by atoms with Gasteiger partial charge in [0.25, 0.3) is 0 Å². The summed E-state index contributed by atoms with van der Waals surface area (Å²) in [6.45, 7) is 6.36. The first-order valence-corrected chi connectivity index (χ1v) is 4.58. The van der Waals surface area contributed by atoms with E-state index in [-0.39, 0.29) is 6.10 Å². The number of rotatable bonds is 7. The number of aliphatic hydroxyl groups is 1. The molecular weight excluding hydrogens is 154 g/mol. The van der Waals surface area contributed by atoms with E-state index in [2.05, 4.69) is 19.2 Å². The van der Waals surface area contributed by atoms with Crippen LogP contribution in [0.3, 0.4) is 0 Å². The average molecular weight is 175 g/mol. The van der Waals surface area contributed by atoms with Gasteiger partial charge in [-0.2, -0.15) is 0 Å². The summed E-state index contributed by atoms with van der Waals surface area (Å²) < 4.78 is 4.80. The summed E-state index contributed by atoms with van der Waals surface area (Å²) in [5.74, 6) is 0.680. The first-order valence-electron chi connectivity index (χ1n) is 4.58. The molecule has 0 aliphatic rings. The van der Waals surface area contributed by atoms with Crippen molar-refractivity contribution in [1.82, 2.24) is 5.32 Å². The Morgan fingerprint density at radius 1 is 1.42 bits per heavy atom. The maximum atomic E-state index is 9.25. The maximum absolute atomic E-state index is 9.25. The van der Waals surface area contributed by atoms with E-state index in [1.165, 1.54) is 6.42 Å². The Kier molecular flexibility index (Phi) is 7.45. The molecule has 2 atom stereocenters. The summed E-state index contributed by atoms with van der Waals surface area (Å²) in [4.78, 5) is 0.